The second-order valence-corrected chi connectivity index (χ2v) is 4.02. The third-order valence-electron chi connectivity index (χ3n) is 1.44. The van der Waals surface area contributed by atoms with E-state index in [9.17, 15) is 4.79 Å². The van der Waals surface area contributed by atoms with Gasteiger partial charge in [-0.15, -0.1) is 0 Å². The minimum absolute atomic E-state index is 0.0400. The van der Waals surface area contributed by atoms with Crippen molar-refractivity contribution in [2.24, 2.45) is 4.99 Å². The Labute approximate surface area is 72.4 Å². The molecular formula is C8H15N3O. The van der Waals surface area contributed by atoms with Crippen LogP contribution in [0.4, 0.5) is 0 Å². The van der Waals surface area contributed by atoms with Crippen molar-refractivity contribution >= 4 is 11.9 Å². The third-order valence-corrected chi connectivity index (χ3v) is 1.44. The minimum Gasteiger partial charge on any atom is -0.351 e. The lowest BCUT2D eigenvalue weighted by atomic mass is 10.1. The van der Waals surface area contributed by atoms with Gasteiger partial charge in [0.15, 0.2) is 5.96 Å². The van der Waals surface area contributed by atoms with E-state index in [1.165, 1.54) is 0 Å². The summed E-state index contributed by atoms with van der Waals surface area (Å²) in [5, 5.41) is 5.76. The van der Waals surface area contributed by atoms with Crippen LogP contribution in [0.3, 0.4) is 0 Å². The molecule has 1 amide bonds. The molecule has 0 aromatic rings. The van der Waals surface area contributed by atoms with Gasteiger partial charge in [-0.3, -0.25) is 10.1 Å². The largest absolute Gasteiger partial charge is 0.351 e. The number of hydrogen-bond acceptors (Lipinski definition) is 3. The molecule has 1 aliphatic rings. The first-order chi connectivity index (χ1) is 5.38. The predicted octanol–water partition coefficient (Wildman–Crippen LogP) is 0.249. The Morgan fingerprint density at radius 2 is 2.08 bits per heavy atom. The highest BCUT2D eigenvalue weighted by atomic mass is 16.2. The number of carbonyl (C=O) groups excluding carboxylic acids is 1. The molecule has 0 bridgehead atoms. The molecule has 0 aromatic heterocycles. The summed E-state index contributed by atoms with van der Waals surface area (Å²) in [5.74, 6) is 0.543. The Kier molecular flexibility index (Phi) is 2.08. The first kappa shape index (κ1) is 9.03. The maximum absolute atomic E-state index is 11.0. The first-order valence-corrected chi connectivity index (χ1v) is 4.05. The average Bonchev–Trinajstić information content (AvgIpc) is 2.07. The second-order valence-electron chi connectivity index (χ2n) is 4.02. The van der Waals surface area contributed by atoms with Crippen molar-refractivity contribution in [2.75, 3.05) is 0 Å². The molecule has 1 heterocycles. The normalized spacial score (nSPS) is 23.5. The molecule has 1 rings (SSSR count). The van der Waals surface area contributed by atoms with E-state index in [-0.39, 0.29) is 17.5 Å². The lowest BCUT2D eigenvalue weighted by molar-refractivity contribution is -0.119. The van der Waals surface area contributed by atoms with Crippen LogP contribution in [0.1, 0.15) is 27.7 Å². The zero-order valence-corrected chi connectivity index (χ0v) is 7.93. The fraction of sp³-hybridized carbons (Fsp3) is 0.750. The fourth-order valence-corrected chi connectivity index (χ4v) is 0.924. The maximum atomic E-state index is 11.0. The van der Waals surface area contributed by atoms with E-state index in [0.29, 0.717) is 5.96 Å². The van der Waals surface area contributed by atoms with Crippen LogP contribution >= 0.6 is 0 Å². The molecule has 0 saturated heterocycles. The highest BCUT2D eigenvalue weighted by molar-refractivity contribution is 6.04. The average molecular weight is 169 g/mol. The van der Waals surface area contributed by atoms with Crippen LogP contribution in [0, 0.1) is 0 Å². The van der Waals surface area contributed by atoms with Crippen LogP contribution in [0.15, 0.2) is 4.99 Å². The first-order valence-electron chi connectivity index (χ1n) is 4.05. The number of nitrogens with zero attached hydrogens (tertiary/aromatic N) is 1. The van der Waals surface area contributed by atoms with Gasteiger partial charge in [0.25, 0.3) is 5.91 Å². The van der Waals surface area contributed by atoms with E-state index < -0.39 is 0 Å². The van der Waals surface area contributed by atoms with E-state index in [2.05, 4.69) is 15.6 Å². The molecule has 0 spiro atoms. The van der Waals surface area contributed by atoms with E-state index in [0.717, 1.165) is 0 Å². The predicted molar refractivity (Wildman–Crippen MR) is 47.9 cm³/mol. The summed E-state index contributed by atoms with van der Waals surface area (Å²) in [7, 11) is 0. The van der Waals surface area contributed by atoms with Crippen LogP contribution in [0.2, 0.25) is 0 Å². The molecule has 0 aliphatic carbocycles. The van der Waals surface area contributed by atoms with Gasteiger partial charge in [0.1, 0.15) is 6.04 Å². The molecule has 0 saturated carbocycles. The Morgan fingerprint density at radius 1 is 1.50 bits per heavy atom. The number of rotatable bonds is 0. The van der Waals surface area contributed by atoms with Crippen molar-refractivity contribution in [3.63, 3.8) is 0 Å². The van der Waals surface area contributed by atoms with Gasteiger partial charge in [0.05, 0.1) is 0 Å². The molecule has 12 heavy (non-hydrogen) atoms. The summed E-state index contributed by atoms with van der Waals surface area (Å²) in [6.07, 6.45) is 0. The molecule has 0 fully saturated rings. The molecule has 1 aliphatic heterocycles. The van der Waals surface area contributed by atoms with Crippen LogP contribution in [-0.4, -0.2) is 23.4 Å². The molecule has 1 atom stereocenters. The minimum atomic E-state index is -0.255. The number of carbonyl (C=O) groups is 1. The van der Waals surface area contributed by atoms with Crippen molar-refractivity contribution in [1.82, 2.24) is 10.6 Å². The van der Waals surface area contributed by atoms with Crippen LogP contribution in [0.25, 0.3) is 0 Å². The van der Waals surface area contributed by atoms with Gasteiger partial charge in [0.2, 0.25) is 0 Å². The zero-order valence-electron chi connectivity index (χ0n) is 7.93. The Hall–Kier alpha value is -1.06. The molecule has 0 radical (unpaired) electrons. The Balaban J connectivity index is 2.57. The molecule has 4 heteroatoms. The Morgan fingerprint density at radius 3 is 2.42 bits per heavy atom. The number of guanidine groups is 1. The van der Waals surface area contributed by atoms with Gasteiger partial charge in [-0.05, 0) is 27.7 Å². The monoisotopic (exact) mass is 169 g/mol. The summed E-state index contributed by atoms with van der Waals surface area (Å²) < 4.78 is 0. The molecular weight excluding hydrogens is 154 g/mol. The quantitative estimate of drug-likeness (QED) is 0.546. The number of hydrogen-bond donors (Lipinski definition) is 2. The highest BCUT2D eigenvalue weighted by Gasteiger charge is 2.24. The SMILES string of the molecule is CC1N=C(NC(C)(C)C)NC1=O. The van der Waals surface area contributed by atoms with Gasteiger partial charge in [0, 0.05) is 5.54 Å². The van der Waals surface area contributed by atoms with Crippen molar-refractivity contribution in [2.45, 2.75) is 39.3 Å². The summed E-state index contributed by atoms with van der Waals surface area (Å²) in [6.45, 7) is 7.83. The van der Waals surface area contributed by atoms with Crippen molar-refractivity contribution in [1.29, 1.82) is 0 Å². The van der Waals surface area contributed by atoms with Gasteiger partial charge < -0.3 is 5.32 Å². The van der Waals surface area contributed by atoms with Gasteiger partial charge in [-0.1, -0.05) is 0 Å². The summed E-state index contributed by atoms with van der Waals surface area (Å²) in [6, 6.07) is -0.255. The summed E-state index contributed by atoms with van der Waals surface area (Å²) >= 11 is 0. The second kappa shape index (κ2) is 2.77. The highest BCUT2D eigenvalue weighted by Crippen LogP contribution is 2.02. The van der Waals surface area contributed by atoms with Gasteiger partial charge >= 0.3 is 0 Å². The molecule has 1 unspecified atom stereocenters. The third kappa shape index (κ3) is 2.22. The smallest absolute Gasteiger partial charge is 0.251 e. The van der Waals surface area contributed by atoms with E-state index in [4.69, 9.17) is 0 Å². The lowest BCUT2D eigenvalue weighted by Crippen LogP contribution is -2.46. The molecule has 2 N–H and O–H groups in total. The zero-order chi connectivity index (χ0) is 9.35. The topological polar surface area (TPSA) is 53.5 Å². The van der Waals surface area contributed by atoms with Crippen LogP contribution in [0.5, 0.6) is 0 Å². The van der Waals surface area contributed by atoms with Gasteiger partial charge in [-0.25, -0.2) is 4.99 Å². The molecule has 68 valence electrons. The van der Waals surface area contributed by atoms with Crippen molar-refractivity contribution < 1.29 is 4.79 Å². The molecule has 0 aromatic carbocycles. The Bertz CT molecular complexity index is 227. The summed E-state index contributed by atoms with van der Waals surface area (Å²) in [4.78, 5) is 15.1. The molecule has 4 nitrogen and oxygen atoms in total. The van der Waals surface area contributed by atoms with Gasteiger partial charge in [-0.2, -0.15) is 0 Å². The summed E-state index contributed by atoms with van der Waals surface area (Å²) in [5.41, 5.74) is -0.0594. The maximum Gasteiger partial charge on any atom is 0.251 e. The fourth-order valence-electron chi connectivity index (χ4n) is 0.924. The van der Waals surface area contributed by atoms with E-state index in [1.807, 2.05) is 20.8 Å². The lowest BCUT2D eigenvalue weighted by Gasteiger charge is -2.21. The van der Waals surface area contributed by atoms with Crippen LogP contribution in [-0.2, 0) is 4.79 Å². The standard InChI is InChI=1S/C8H15N3O/c1-5-6(12)10-7(9-5)11-8(2,3)4/h5H,1-4H3,(H2,9,10,11,12). The number of amides is 1. The van der Waals surface area contributed by atoms with Crippen molar-refractivity contribution in [3.8, 4) is 0 Å². The van der Waals surface area contributed by atoms with Crippen LogP contribution < -0.4 is 10.6 Å². The van der Waals surface area contributed by atoms with E-state index in [1.54, 1.807) is 6.92 Å². The number of nitrogens with one attached hydrogen (secondary N) is 2. The van der Waals surface area contributed by atoms with Crippen molar-refractivity contribution in [3.05, 3.63) is 0 Å². The number of aliphatic imine (C=N–C) groups is 1. The van der Waals surface area contributed by atoms with E-state index >= 15 is 0 Å².